The molecule has 0 bridgehead atoms. The first kappa shape index (κ1) is 17.2. The van der Waals surface area contributed by atoms with Gasteiger partial charge in [-0.1, -0.05) is 36.4 Å². The van der Waals surface area contributed by atoms with Gasteiger partial charge < -0.3 is 15.2 Å². The molecule has 3 rings (SSSR count). The second kappa shape index (κ2) is 7.94. The summed E-state index contributed by atoms with van der Waals surface area (Å²) in [6.45, 7) is 0.397. The molecule has 0 fully saturated rings. The summed E-state index contributed by atoms with van der Waals surface area (Å²) in [6, 6.07) is 19.1. The van der Waals surface area contributed by atoms with Crippen LogP contribution in [-0.4, -0.2) is 22.0 Å². The molecule has 0 saturated carbocycles. The summed E-state index contributed by atoms with van der Waals surface area (Å²) in [5, 5.41) is 11.6. The molecule has 6 nitrogen and oxygen atoms in total. The zero-order valence-corrected chi connectivity index (χ0v) is 13.8. The van der Waals surface area contributed by atoms with Gasteiger partial charge in [-0.25, -0.2) is 9.78 Å². The lowest BCUT2D eigenvalue weighted by Crippen LogP contribution is -2.13. The van der Waals surface area contributed by atoms with Gasteiger partial charge in [0, 0.05) is 11.8 Å². The molecule has 6 heteroatoms. The standard InChI is InChI=1S/C20H16N2O4/c23-19(22-18-12-16(20(24)25)9-10-21-18)15-7-4-8-17(11-15)26-13-14-5-2-1-3-6-14/h1-12H,13H2,(H,24,25)(H,21,22,23). The Kier molecular flexibility index (Phi) is 5.24. The molecule has 130 valence electrons. The first-order chi connectivity index (χ1) is 12.6. The average molecular weight is 348 g/mol. The number of amides is 1. The number of carboxylic acids is 1. The van der Waals surface area contributed by atoms with Gasteiger partial charge in [0.1, 0.15) is 18.2 Å². The number of hydrogen-bond donors (Lipinski definition) is 2. The number of hydrogen-bond acceptors (Lipinski definition) is 4. The zero-order chi connectivity index (χ0) is 18.4. The largest absolute Gasteiger partial charge is 0.489 e. The third-order valence-corrected chi connectivity index (χ3v) is 3.59. The van der Waals surface area contributed by atoms with Crippen molar-refractivity contribution >= 4 is 17.7 Å². The molecule has 2 N–H and O–H groups in total. The van der Waals surface area contributed by atoms with Crippen molar-refractivity contribution in [1.29, 1.82) is 0 Å². The van der Waals surface area contributed by atoms with Gasteiger partial charge in [-0.2, -0.15) is 0 Å². The van der Waals surface area contributed by atoms with E-state index in [1.165, 1.54) is 18.3 Å². The van der Waals surface area contributed by atoms with Gasteiger partial charge in [0.05, 0.1) is 5.56 Å². The maximum atomic E-state index is 12.4. The van der Waals surface area contributed by atoms with Crippen LogP contribution < -0.4 is 10.1 Å². The molecule has 26 heavy (non-hydrogen) atoms. The summed E-state index contributed by atoms with van der Waals surface area (Å²) in [5.74, 6) is -0.747. The predicted octanol–water partition coefficient (Wildman–Crippen LogP) is 3.61. The fraction of sp³-hybridized carbons (Fsp3) is 0.0500. The topological polar surface area (TPSA) is 88.5 Å². The number of ether oxygens (including phenoxy) is 1. The van der Waals surface area contributed by atoms with Gasteiger partial charge in [-0.05, 0) is 35.9 Å². The third kappa shape index (κ3) is 4.45. The minimum atomic E-state index is -1.08. The Morgan fingerprint density at radius 3 is 2.54 bits per heavy atom. The van der Waals surface area contributed by atoms with Crippen LogP contribution in [0.2, 0.25) is 0 Å². The number of nitrogens with zero attached hydrogens (tertiary/aromatic N) is 1. The lowest BCUT2D eigenvalue weighted by Gasteiger charge is -2.09. The minimum Gasteiger partial charge on any atom is -0.489 e. The van der Waals surface area contributed by atoms with E-state index >= 15 is 0 Å². The molecule has 0 spiro atoms. The van der Waals surface area contributed by atoms with E-state index in [2.05, 4.69) is 10.3 Å². The van der Waals surface area contributed by atoms with E-state index in [1.807, 2.05) is 30.3 Å². The molecule has 0 saturated heterocycles. The van der Waals surface area contributed by atoms with Crippen LogP contribution in [0.1, 0.15) is 26.3 Å². The van der Waals surface area contributed by atoms with Gasteiger partial charge in [0.25, 0.3) is 5.91 Å². The third-order valence-electron chi connectivity index (χ3n) is 3.59. The molecule has 2 aromatic carbocycles. The SMILES string of the molecule is O=C(O)c1ccnc(NC(=O)c2cccc(OCc3ccccc3)c2)c1. The van der Waals surface area contributed by atoms with Crippen molar-refractivity contribution in [2.24, 2.45) is 0 Å². The van der Waals surface area contributed by atoms with Crippen molar-refractivity contribution < 1.29 is 19.4 Å². The summed E-state index contributed by atoms with van der Waals surface area (Å²) in [4.78, 5) is 27.3. The van der Waals surface area contributed by atoms with Crippen LogP contribution in [0.4, 0.5) is 5.82 Å². The van der Waals surface area contributed by atoms with Crippen LogP contribution in [0, 0.1) is 0 Å². The Bertz CT molecular complexity index is 926. The van der Waals surface area contributed by atoms with E-state index in [1.54, 1.807) is 24.3 Å². The van der Waals surface area contributed by atoms with E-state index in [9.17, 15) is 9.59 Å². The fourth-order valence-corrected chi connectivity index (χ4v) is 2.29. The average Bonchev–Trinajstić information content (AvgIpc) is 2.67. The lowest BCUT2D eigenvalue weighted by atomic mass is 10.2. The molecule has 0 aliphatic heterocycles. The highest BCUT2D eigenvalue weighted by molar-refractivity contribution is 6.04. The van der Waals surface area contributed by atoms with Crippen molar-refractivity contribution in [3.05, 3.63) is 89.6 Å². The molecule has 0 radical (unpaired) electrons. The van der Waals surface area contributed by atoms with Gasteiger partial charge in [0.2, 0.25) is 0 Å². The number of pyridine rings is 1. The first-order valence-corrected chi connectivity index (χ1v) is 7.89. The van der Waals surface area contributed by atoms with E-state index in [0.29, 0.717) is 17.9 Å². The number of carbonyl (C=O) groups excluding carboxylic acids is 1. The maximum absolute atomic E-state index is 12.4. The number of carbonyl (C=O) groups is 2. The highest BCUT2D eigenvalue weighted by Crippen LogP contribution is 2.17. The quantitative estimate of drug-likeness (QED) is 0.710. The van der Waals surface area contributed by atoms with E-state index in [0.717, 1.165) is 5.56 Å². The zero-order valence-electron chi connectivity index (χ0n) is 13.8. The van der Waals surface area contributed by atoms with Gasteiger partial charge in [0.15, 0.2) is 0 Å². The van der Waals surface area contributed by atoms with Crippen LogP contribution in [0.15, 0.2) is 72.9 Å². The Morgan fingerprint density at radius 2 is 1.77 bits per heavy atom. The Balaban J connectivity index is 1.68. The highest BCUT2D eigenvalue weighted by Gasteiger charge is 2.10. The number of nitrogens with one attached hydrogen (secondary N) is 1. The Labute approximate surface area is 150 Å². The number of rotatable bonds is 6. The summed E-state index contributed by atoms with van der Waals surface area (Å²) in [6.07, 6.45) is 1.33. The van der Waals surface area contributed by atoms with E-state index < -0.39 is 11.9 Å². The van der Waals surface area contributed by atoms with E-state index in [4.69, 9.17) is 9.84 Å². The molecule has 1 heterocycles. The van der Waals surface area contributed by atoms with Crippen LogP contribution in [0.25, 0.3) is 0 Å². The van der Waals surface area contributed by atoms with Gasteiger partial charge >= 0.3 is 5.97 Å². The second-order valence-corrected chi connectivity index (χ2v) is 5.49. The minimum absolute atomic E-state index is 0.0512. The summed E-state index contributed by atoms with van der Waals surface area (Å²) in [5.41, 5.74) is 1.46. The molecule has 0 aliphatic rings. The monoisotopic (exact) mass is 348 g/mol. The van der Waals surface area contributed by atoms with Gasteiger partial charge in [-0.15, -0.1) is 0 Å². The molecular formula is C20H16N2O4. The van der Waals surface area contributed by atoms with Crippen molar-refractivity contribution in [3.63, 3.8) is 0 Å². The fourth-order valence-electron chi connectivity index (χ4n) is 2.29. The van der Waals surface area contributed by atoms with Crippen LogP contribution in [0.5, 0.6) is 5.75 Å². The molecule has 0 atom stereocenters. The first-order valence-electron chi connectivity index (χ1n) is 7.89. The highest BCUT2D eigenvalue weighted by atomic mass is 16.5. The molecule has 1 aromatic heterocycles. The molecule has 3 aromatic rings. The molecule has 0 aliphatic carbocycles. The smallest absolute Gasteiger partial charge is 0.335 e. The molecular weight excluding hydrogens is 332 g/mol. The summed E-state index contributed by atoms with van der Waals surface area (Å²) in [7, 11) is 0. The van der Waals surface area contributed by atoms with Crippen LogP contribution in [-0.2, 0) is 6.61 Å². The lowest BCUT2D eigenvalue weighted by molar-refractivity contribution is 0.0696. The molecule has 0 unspecified atom stereocenters. The number of carboxylic acid groups (broad SMARTS) is 1. The number of aromatic nitrogens is 1. The predicted molar refractivity (Wildman–Crippen MR) is 96.4 cm³/mol. The number of benzene rings is 2. The van der Waals surface area contributed by atoms with Crippen LogP contribution in [0.3, 0.4) is 0 Å². The number of anilines is 1. The normalized spacial score (nSPS) is 10.2. The van der Waals surface area contributed by atoms with Crippen molar-refractivity contribution in [2.45, 2.75) is 6.61 Å². The summed E-state index contributed by atoms with van der Waals surface area (Å²) >= 11 is 0. The Hall–Kier alpha value is -3.67. The maximum Gasteiger partial charge on any atom is 0.335 e. The van der Waals surface area contributed by atoms with Crippen molar-refractivity contribution in [2.75, 3.05) is 5.32 Å². The number of aromatic carboxylic acids is 1. The van der Waals surface area contributed by atoms with Gasteiger partial charge in [-0.3, -0.25) is 4.79 Å². The van der Waals surface area contributed by atoms with Crippen LogP contribution >= 0.6 is 0 Å². The second-order valence-electron chi connectivity index (χ2n) is 5.49. The van der Waals surface area contributed by atoms with Crippen molar-refractivity contribution in [3.8, 4) is 5.75 Å². The molecule has 1 amide bonds. The summed E-state index contributed by atoms with van der Waals surface area (Å²) < 4.78 is 5.71. The van der Waals surface area contributed by atoms with Crippen molar-refractivity contribution in [1.82, 2.24) is 4.98 Å². The Morgan fingerprint density at radius 1 is 0.962 bits per heavy atom. The van der Waals surface area contributed by atoms with E-state index in [-0.39, 0.29) is 11.4 Å².